The number of carbonyl (C=O) groups excluding carboxylic acids is 4. The van der Waals surface area contributed by atoms with E-state index in [0.717, 1.165) is 17.7 Å². The highest BCUT2D eigenvalue weighted by atomic mass is 16.5. The van der Waals surface area contributed by atoms with Gasteiger partial charge in [0.15, 0.2) is 0 Å². The molecule has 9 nitrogen and oxygen atoms in total. The topological polar surface area (TPSA) is 99.3 Å². The van der Waals surface area contributed by atoms with Crippen molar-refractivity contribution in [2.45, 2.75) is 64.2 Å². The van der Waals surface area contributed by atoms with Crippen molar-refractivity contribution >= 4 is 23.8 Å². The van der Waals surface area contributed by atoms with Crippen LogP contribution in [0.1, 0.15) is 46.5 Å². The van der Waals surface area contributed by atoms with Gasteiger partial charge >= 0.3 is 6.03 Å². The Morgan fingerprint density at radius 3 is 2.20 bits per heavy atom. The molecule has 3 heterocycles. The molecule has 0 aromatic carbocycles. The zero-order chi connectivity index (χ0) is 21.6. The third kappa shape index (κ3) is 3.91. The first-order valence-corrected chi connectivity index (χ1v) is 11.0. The van der Waals surface area contributed by atoms with Crippen LogP contribution < -0.4 is 5.32 Å². The van der Waals surface area contributed by atoms with E-state index in [9.17, 15) is 19.2 Å². The Labute approximate surface area is 177 Å². The summed E-state index contributed by atoms with van der Waals surface area (Å²) < 4.78 is 5.70. The Morgan fingerprint density at radius 1 is 1.03 bits per heavy atom. The second kappa shape index (κ2) is 7.83. The van der Waals surface area contributed by atoms with Gasteiger partial charge in [-0.3, -0.25) is 19.3 Å². The maximum atomic E-state index is 12.9. The highest BCUT2D eigenvalue weighted by Gasteiger charge is 2.56. The van der Waals surface area contributed by atoms with Crippen LogP contribution in [0.5, 0.6) is 0 Å². The normalized spacial score (nSPS) is 33.1. The fraction of sp³-hybridized carbons (Fsp3) is 0.810. The summed E-state index contributed by atoms with van der Waals surface area (Å²) in [4.78, 5) is 55.2. The molecule has 1 aliphatic carbocycles. The highest BCUT2D eigenvalue weighted by Crippen LogP contribution is 2.42. The van der Waals surface area contributed by atoms with Crippen molar-refractivity contribution in [1.82, 2.24) is 20.0 Å². The number of nitrogens with zero attached hydrogens (tertiary/aromatic N) is 3. The van der Waals surface area contributed by atoms with Gasteiger partial charge in [0, 0.05) is 32.1 Å². The van der Waals surface area contributed by atoms with Gasteiger partial charge in [-0.05, 0) is 52.4 Å². The third-order valence-corrected chi connectivity index (χ3v) is 6.92. The first kappa shape index (κ1) is 21.1. The molecule has 3 aliphatic heterocycles. The summed E-state index contributed by atoms with van der Waals surface area (Å²) in [6.45, 7) is 7.61. The number of imide groups is 1. The predicted octanol–water partition coefficient (Wildman–Crippen LogP) is 0.581. The number of nitrogens with one attached hydrogen (secondary N) is 1. The van der Waals surface area contributed by atoms with E-state index in [4.69, 9.17) is 4.74 Å². The third-order valence-electron chi connectivity index (χ3n) is 6.92. The van der Waals surface area contributed by atoms with Crippen LogP contribution >= 0.6 is 0 Å². The number of hydrogen-bond acceptors (Lipinski definition) is 5. The molecule has 4 fully saturated rings. The van der Waals surface area contributed by atoms with Crippen molar-refractivity contribution in [2.24, 2.45) is 11.8 Å². The van der Waals surface area contributed by atoms with Crippen LogP contribution in [0, 0.1) is 11.8 Å². The smallest absolute Gasteiger partial charge is 0.325 e. The standard InChI is InChI=1S/C21H32N4O5/c1-13-10-24(11-14(2)30-13)18(27)15-6-8-23(9-7-15)17(26)12-25-19(28)21(3,16-4-5-16)22-20(25)29/h13-16H,4-12H2,1-3H3,(H,22,29). The molecule has 0 spiro atoms. The summed E-state index contributed by atoms with van der Waals surface area (Å²) in [5.41, 5.74) is -0.872. The Bertz CT molecular complexity index is 736. The molecule has 0 radical (unpaired) electrons. The average Bonchev–Trinajstić information content (AvgIpc) is 3.53. The van der Waals surface area contributed by atoms with Crippen molar-refractivity contribution in [3.63, 3.8) is 0 Å². The molecule has 5 amide bonds. The second-order valence-electron chi connectivity index (χ2n) is 9.45. The maximum Gasteiger partial charge on any atom is 0.325 e. The lowest BCUT2D eigenvalue weighted by Gasteiger charge is -2.39. The number of hydrogen-bond donors (Lipinski definition) is 1. The van der Waals surface area contributed by atoms with Crippen LogP contribution in [0.4, 0.5) is 4.79 Å². The van der Waals surface area contributed by atoms with Gasteiger partial charge in [0.1, 0.15) is 12.1 Å². The Kier molecular flexibility index (Phi) is 5.50. The van der Waals surface area contributed by atoms with E-state index in [1.54, 1.807) is 11.8 Å². The van der Waals surface area contributed by atoms with Crippen LogP contribution in [0.3, 0.4) is 0 Å². The predicted molar refractivity (Wildman–Crippen MR) is 107 cm³/mol. The van der Waals surface area contributed by atoms with E-state index in [2.05, 4.69) is 5.32 Å². The molecule has 4 aliphatic rings. The van der Waals surface area contributed by atoms with Crippen LogP contribution in [0.25, 0.3) is 0 Å². The molecule has 4 rings (SSSR count). The second-order valence-corrected chi connectivity index (χ2v) is 9.45. The number of ether oxygens (including phenoxy) is 1. The van der Waals surface area contributed by atoms with Gasteiger partial charge in [-0.1, -0.05) is 0 Å². The molecule has 3 saturated heterocycles. The van der Waals surface area contributed by atoms with Crippen LogP contribution in [-0.2, 0) is 19.1 Å². The Balaban J connectivity index is 1.29. The fourth-order valence-electron chi connectivity index (χ4n) is 5.02. The molecule has 3 atom stereocenters. The van der Waals surface area contributed by atoms with E-state index >= 15 is 0 Å². The summed E-state index contributed by atoms with van der Waals surface area (Å²) in [7, 11) is 0. The summed E-state index contributed by atoms with van der Waals surface area (Å²) in [5, 5.41) is 2.77. The number of rotatable bonds is 4. The molecule has 1 saturated carbocycles. The summed E-state index contributed by atoms with van der Waals surface area (Å²) in [5.74, 6) is -0.330. The lowest BCUT2D eigenvalue weighted by atomic mass is 9.94. The molecular formula is C21H32N4O5. The number of likely N-dealkylation sites (tertiary alicyclic amines) is 1. The zero-order valence-corrected chi connectivity index (χ0v) is 18.1. The van der Waals surface area contributed by atoms with Gasteiger partial charge in [0.25, 0.3) is 5.91 Å². The van der Waals surface area contributed by atoms with Crippen LogP contribution in [-0.4, -0.2) is 88.9 Å². The van der Waals surface area contributed by atoms with Crippen molar-refractivity contribution < 1.29 is 23.9 Å². The lowest BCUT2D eigenvalue weighted by Crippen LogP contribution is -2.52. The van der Waals surface area contributed by atoms with Gasteiger partial charge in [-0.25, -0.2) is 4.79 Å². The Morgan fingerprint density at radius 2 is 1.63 bits per heavy atom. The van der Waals surface area contributed by atoms with E-state index in [1.165, 1.54) is 0 Å². The van der Waals surface area contributed by atoms with Crippen molar-refractivity contribution in [1.29, 1.82) is 0 Å². The number of carbonyl (C=O) groups is 4. The van der Waals surface area contributed by atoms with Gasteiger partial charge in [0.05, 0.1) is 12.2 Å². The molecule has 166 valence electrons. The minimum absolute atomic E-state index is 0.0323. The van der Waals surface area contributed by atoms with Crippen molar-refractivity contribution in [2.75, 3.05) is 32.7 Å². The molecule has 0 bridgehead atoms. The Hall–Kier alpha value is -2.16. The summed E-state index contributed by atoms with van der Waals surface area (Å²) in [6.07, 6.45) is 3.11. The number of morpholine rings is 1. The monoisotopic (exact) mass is 420 g/mol. The van der Waals surface area contributed by atoms with E-state index in [1.807, 2.05) is 18.7 Å². The quantitative estimate of drug-likeness (QED) is 0.671. The minimum Gasteiger partial charge on any atom is -0.372 e. The fourth-order valence-corrected chi connectivity index (χ4v) is 5.02. The average molecular weight is 421 g/mol. The molecule has 1 N–H and O–H groups in total. The van der Waals surface area contributed by atoms with Gasteiger partial charge < -0.3 is 19.9 Å². The molecule has 3 unspecified atom stereocenters. The molecule has 9 heteroatoms. The van der Waals surface area contributed by atoms with Crippen molar-refractivity contribution in [3.05, 3.63) is 0 Å². The lowest BCUT2D eigenvalue weighted by molar-refractivity contribution is -0.150. The largest absolute Gasteiger partial charge is 0.372 e. The number of piperidine rings is 1. The highest BCUT2D eigenvalue weighted by molar-refractivity contribution is 6.09. The molecular weight excluding hydrogens is 388 g/mol. The molecule has 30 heavy (non-hydrogen) atoms. The first-order chi connectivity index (χ1) is 14.2. The van der Waals surface area contributed by atoms with Gasteiger partial charge in [0.2, 0.25) is 11.8 Å². The number of amides is 5. The first-order valence-electron chi connectivity index (χ1n) is 11.0. The van der Waals surface area contributed by atoms with Crippen LogP contribution in [0.15, 0.2) is 0 Å². The molecule has 0 aromatic rings. The van der Waals surface area contributed by atoms with Gasteiger partial charge in [-0.15, -0.1) is 0 Å². The maximum absolute atomic E-state index is 12.9. The molecule has 0 aromatic heterocycles. The van der Waals surface area contributed by atoms with E-state index in [0.29, 0.717) is 39.0 Å². The van der Waals surface area contributed by atoms with Crippen LogP contribution in [0.2, 0.25) is 0 Å². The van der Waals surface area contributed by atoms with E-state index in [-0.39, 0.29) is 48.3 Å². The minimum atomic E-state index is -0.872. The van der Waals surface area contributed by atoms with E-state index < -0.39 is 11.6 Å². The summed E-state index contributed by atoms with van der Waals surface area (Å²) in [6, 6.07) is -0.483. The SMILES string of the molecule is CC1CN(C(=O)C2CCN(C(=O)CN3C(=O)NC(C)(C4CC4)C3=O)CC2)CC(C)O1. The van der Waals surface area contributed by atoms with Gasteiger partial charge in [-0.2, -0.15) is 0 Å². The zero-order valence-electron chi connectivity index (χ0n) is 18.1. The number of urea groups is 1. The summed E-state index contributed by atoms with van der Waals surface area (Å²) >= 11 is 0. The van der Waals surface area contributed by atoms with Crippen molar-refractivity contribution in [3.8, 4) is 0 Å².